The lowest BCUT2D eigenvalue weighted by Crippen LogP contribution is -1.86. The smallest absolute Gasteiger partial charge is 0.183 e. The first kappa shape index (κ1) is 15.3. The molecule has 0 spiro atoms. The largest absolute Gasteiger partial charge is 0.365 e. The Morgan fingerprint density at radius 1 is 1.10 bits per heavy atom. The van der Waals surface area contributed by atoms with Crippen LogP contribution in [0.4, 0.5) is 5.13 Å². The highest BCUT2D eigenvalue weighted by Crippen LogP contribution is 2.31. The van der Waals surface area contributed by atoms with Gasteiger partial charge in [0.15, 0.2) is 5.13 Å². The van der Waals surface area contributed by atoms with Crippen molar-refractivity contribution in [2.45, 2.75) is 13.3 Å². The van der Waals surface area contributed by atoms with Crippen LogP contribution in [-0.4, -0.2) is 12.0 Å². The third kappa shape index (κ3) is 4.43. The van der Waals surface area contributed by atoms with Crippen molar-refractivity contribution in [3.05, 3.63) is 71.7 Å². The lowest BCUT2D eigenvalue weighted by molar-refractivity contribution is 1.28. The van der Waals surface area contributed by atoms with Gasteiger partial charge in [0.05, 0.1) is 5.69 Å². The molecule has 21 heavy (non-hydrogen) atoms. The fraction of sp³-hybridized carbons (Fsp3) is 0.167. The van der Waals surface area contributed by atoms with E-state index in [1.807, 2.05) is 56.5 Å². The van der Waals surface area contributed by atoms with Gasteiger partial charge in [0.2, 0.25) is 0 Å². The molecule has 0 bridgehead atoms. The topological polar surface area (TPSA) is 24.9 Å². The molecule has 2 aromatic rings. The first-order valence-electron chi connectivity index (χ1n) is 7.02. The number of hydrogen-bond acceptors (Lipinski definition) is 3. The standard InChI is InChI=1S/C18H20N2S/c1-3-4-5-6-7-11-14-16-17(20-18(19-2)21-16)15-12-9-8-10-13-15/h3-13H,14H2,1-2H3,(H,19,20)/b4-3-,6-5-,11-7+. The van der Waals surface area contributed by atoms with E-state index in [1.54, 1.807) is 11.3 Å². The van der Waals surface area contributed by atoms with Crippen LogP contribution in [0.2, 0.25) is 0 Å². The van der Waals surface area contributed by atoms with Crippen LogP contribution < -0.4 is 5.32 Å². The summed E-state index contributed by atoms with van der Waals surface area (Å²) in [7, 11) is 1.91. The van der Waals surface area contributed by atoms with Gasteiger partial charge in [-0.2, -0.15) is 0 Å². The molecule has 2 nitrogen and oxygen atoms in total. The molecule has 0 amide bonds. The zero-order chi connectivity index (χ0) is 14.9. The van der Waals surface area contributed by atoms with Crippen LogP contribution in [0.15, 0.2) is 66.8 Å². The molecular weight excluding hydrogens is 276 g/mol. The minimum absolute atomic E-state index is 0.893. The number of thiazole rings is 1. The number of allylic oxidation sites excluding steroid dienone is 6. The van der Waals surface area contributed by atoms with Gasteiger partial charge in [0.1, 0.15) is 0 Å². The minimum atomic E-state index is 0.893. The summed E-state index contributed by atoms with van der Waals surface area (Å²) in [6, 6.07) is 10.3. The monoisotopic (exact) mass is 296 g/mol. The zero-order valence-corrected chi connectivity index (χ0v) is 13.2. The van der Waals surface area contributed by atoms with E-state index in [4.69, 9.17) is 0 Å². The minimum Gasteiger partial charge on any atom is -0.365 e. The number of anilines is 1. The highest BCUT2D eigenvalue weighted by atomic mass is 32.1. The fourth-order valence-electron chi connectivity index (χ4n) is 1.91. The Morgan fingerprint density at radius 3 is 2.57 bits per heavy atom. The van der Waals surface area contributed by atoms with Crippen molar-refractivity contribution in [3.63, 3.8) is 0 Å². The van der Waals surface area contributed by atoms with E-state index in [1.165, 1.54) is 10.4 Å². The first-order chi connectivity index (χ1) is 10.3. The molecule has 0 radical (unpaired) electrons. The van der Waals surface area contributed by atoms with E-state index in [0.29, 0.717) is 0 Å². The molecule has 1 N–H and O–H groups in total. The second-order valence-electron chi connectivity index (χ2n) is 4.45. The van der Waals surface area contributed by atoms with E-state index < -0.39 is 0 Å². The molecule has 3 heteroatoms. The van der Waals surface area contributed by atoms with Gasteiger partial charge in [-0.1, -0.05) is 66.8 Å². The van der Waals surface area contributed by atoms with Crippen molar-refractivity contribution >= 4 is 16.5 Å². The van der Waals surface area contributed by atoms with Crippen LogP contribution in [0.5, 0.6) is 0 Å². The highest BCUT2D eigenvalue weighted by Gasteiger charge is 2.10. The maximum atomic E-state index is 4.67. The van der Waals surface area contributed by atoms with Crippen molar-refractivity contribution < 1.29 is 0 Å². The van der Waals surface area contributed by atoms with Crippen LogP contribution in [0.1, 0.15) is 11.8 Å². The number of rotatable bonds is 6. The molecule has 1 aromatic heterocycles. The Labute approximate surface area is 130 Å². The van der Waals surface area contributed by atoms with Crippen LogP contribution >= 0.6 is 11.3 Å². The summed E-state index contributed by atoms with van der Waals surface area (Å²) in [6.45, 7) is 2.01. The molecule has 0 aliphatic heterocycles. The van der Waals surface area contributed by atoms with Crippen LogP contribution in [0.25, 0.3) is 11.3 Å². The van der Waals surface area contributed by atoms with Gasteiger partial charge in [-0.15, -0.1) is 11.3 Å². The molecule has 2 rings (SSSR count). The summed E-state index contributed by atoms with van der Waals surface area (Å²) >= 11 is 1.71. The zero-order valence-electron chi connectivity index (χ0n) is 12.4. The van der Waals surface area contributed by atoms with Crippen LogP contribution in [0.3, 0.4) is 0 Å². The molecule has 0 aliphatic carbocycles. The third-order valence-electron chi connectivity index (χ3n) is 2.92. The molecule has 0 saturated heterocycles. The van der Waals surface area contributed by atoms with Gasteiger partial charge < -0.3 is 5.32 Å². The average Bonchev–Trinajstić information content (AvgIpc) is 2.95. The fourth-order valence-corrected chi connectivity index (χ4v) is 2.82. The predicted molar refractivity (Wildman–Crippen MR) is 93.9 cm³/mol. The van der Waals surface area contributed by atoms with Gasteiger partial charge in [-0.05, 0) is 6.92 Å². The summed E-state index contributed by atoms with van der Waals surface area (Å²) < 4.78 is 0. The molecule has 0 atom stereocenters. The Morgan fingerprint density at radius 2 is 1.86 bits per heavy atom. The first-order valence-corrected chi connectivity index (χ1v) is 7.84. The Hall–Kier alpha value is -2.13. The lowest BCUT2D eigenvalue weighted by Gasteiger charge is -1.99. The van der Waals surface area contributed by atoms with Gasteiger partial charge in [-0.25, -0.2) is 4.98 Å². The van der Waals surface area contributed by atoms with Crippen LogP contribution in [-0.2, 0) is 6.42 Å². The number of benzene rings is 1. The second kappa shape index (κ2) is 8.22. The molecule has 108 valence electrons. The molecule has 1 aromatic carbocycles. The summed E-state index contributed by atoms with van der Waals surface area (Å²) in [6.07, 6.45) is 13.2. The van der Waals surface area contributed by atoms with E-state index in [0.717, 1.165) is 17.2 Å². The third-order valence-corrected chi connectivity index (χ3v) is 4.02. The number of nitrogens with one attached hydrogen (secondary N) is 1. The predicted octanol–water partition coefficient (Wildman–Crippen LogP) is 5.08. The summed E-state index contributed by atoms with van der Waals surface area (Å²) in [5.74, 6) is 0. The van der Waals surface area contributed by atoms with E-state index in [-0.39, 0.29) is 0 Å². The van der Waals surface area contributed by atoms with Crippen molar-refractivity contribution in [1.29, 1.82) is 0 Å². The number of hydrogen-bond donors (Lipinski definition) is 1. The van der Waals surface area contributed by atoms with E-state index in [9.17, 15) is 0 Å². The van der Waals surface area contributed by atoms with Crippen molar-refractivity contribution in [1.82, 2.24) is 4.98 Å². The van der Waals surface area contributed by atoms with Crippen molar-refractivity contribution in [2.24, 2.45) is 0 Å². The molecule has 1 heterocycles. The molecule has 0 aliphatic rings. The van der Waals surface area contributed by atoms with Gasteiger partial charge >= 0.3 is 0 Å². The van der Waals surface area contributed by atoms with Crippen molar-refractivity contribution in [3.8, 4) is 11.3 Å². The van der Waals surface area contributed by atoms with Gasteiger partial charge in [0.25, 0.3) is 0 Å². The second-order valence-corrected chi connectivity index (χ2v) is 5.53. The summed E-state index contributed by atoms with van der Waals surface area (Å²) in [5, 5.41) is 4.10. The van der Waals surface area contributed by atoms with Crippen LogP contribution in [0, 0.1) is 0 Å². The average molecular weight is 296 g/mol. The Kier molecular flexibility index (Phi) is 5.98. The SMILES string of the molecule is C\C=C/C=C\C=C\Cc1sc(NC)nc1-c1ccccc1. The normalized spacial score (nSPS) is 11.9. The maximum Gasteiger partial charge on any atom is 0.183 e. The van der Waals surface area contributed by atoms with E-state index >= 15 is 0 Å². The van der Waals surface area contributed by atoms with Crippen molar-refractivity contribution in [2.75, 3.05) is 12.4 Å². The molecule has 0 saturated carbocycles. The summed E-state index contributed by atoms with van der Waals surface area (Å²) in [4.78, 5) is 5.95. The number of aromatic nitrogens is 1. The van der Waals surface area contributed by atoms with Gasteiger partial charge in [0, 0.05) is 23.9 Å². The molecule has 0 fully saturated rings. The number of nitrogens with zero attached hydrogens (tertiary/aromatic N) is 1. The Balaban J connectivity index is 2.17. The highest BCUT2D eigenvalue weighted by molar-refractivity contribution is 7.16. The Bertz CT molecular complexity index is 636. The molecule has 0 unspecified atom stereocenters. The maximum absolute atomic E-state index is 4.67. The quantitative estimate of drug-likeness (QED) is 0.752. The molecular formula is C18H20N2S. The van der Waals surface area contributed by atoms with Gasteiger partial charge in [-0.3, -0.25) is 0 Å². The van der Waals surface area contributed by atoms with E-state index in [2.05, 4.69) is 34.6 Å². The summed E-state index contributed by atoms with van der Waals surface area (Å²) in [5.41, 5.74) is 2.25. The lowest BCUT2D eigenvalue weighted by atomic mass is 10.1.